The first-order chi connectivity index (χ1) is 8.29. The van der Waals surface area contributed by atoms with Crippen LogP contribution in [0.25, 0.3) is 0 Å². The van der Waals surface area contributed by atoms with Crippen LogP contribution in [0.1, 0.15) is 37.5 Å². The van der Waals surface area contributed by atoms with Gasteiger partial charge in [-0.3, -0.25) is 5.43 Å². The minimum atomic E-state index is -0.481. The molecule has 18 heavy (non-hydrogen) atoms. The average molecular weight is 250 g/mol. The van der Waals surface area contributed by atoms with Gasteiger partial charge in [0.1, 0.15) is 5.60 Å². The van der Waals surface area contributed by atoms with Crippen LogP contribution in [0.15, 0.2) is 18.2 Å². The highest BCUT2D eigenvalue weighted by atomic mass is 16.6. The van der Waals surface area contributed by atoms with E-state index in [2.05, 4.69) is 30.8 Å². The highest BCUT2D eigenvalue weighted by molar-refractivity contribution is 5.66. The van der Waals surface area contributed by atoms with Gasteiger partial charge in [0.15, 0.2) is 0 Å². The molecule has 0 bridgehead atoms. The van der Waals surface area contributed by atoms with Gasteiger partial charge in [0, 0.05) is 6.54 Å². The third-order valence-corrected chi connectivity index (χ3v) is 2.58. The molecule has 0 unspecified atom stereocenters. The summed E-state index contributed by atoms with van der Waals surface area (Å²) in [6.07, 6.45) is -0.465. The van der Waals surface area contributed by atoms with Gasteiger partial charge in [0.2, 0.25) is 0 Å². The molecule has 1 aromatic rings. The van der Waals surface area contributed by atoms with Crippen LogP contribution in [-0.4, -0.2) is 11.7 Å². The average Bonchev–Trinajstić information content (AvgIpc) is 2.21. The minimum absolute atomic E-state index is 0.465. The van der Waals surface area contributed by atoms with Crippen molar-refractivity contribution in [3.63, 3.8) is 0 Å². The van der Waals surface area contributed by atoms with Gasteiger partial charge in [0.05, 0.1) is 0 Å². The first-order valence-electron chi connectivity index (χ1n) is 6.06. The number of rotatable bonds is 3. The van der Waals surface area contributed by atoms with Gasteiger partial charge in [-0.1, -0.05) is 18.2 Å². The molecule has 0 aliphatic carbocycles. The maximum Gasteiger partial charge on any atom is 0.422 e. The third kappa shape index (κ3) is 4.75. The molecule has 0 atom stereocenters. The zero-order valence-electron chi connectivity index (χ0n) is 11.8. The molecule has 1 aromatic carbocycles. The molecule has 4 heteroatoms. The lowest BCUT2D eigenvalue weighted by Crippen LogP contribution is -2.40. The Kier molecular flexibility index (Phi) is 4.73. The Labute approximate surface area is 109 Å². The zero-order valence-corrected chi connectivity index (χ0v) is 11.8. The summed E-state index contributed by atoms with van der Waals surface area (Å²) in [5, 5.41) is 0. The van der Waals surface area contributed by atoms with Crippen LogP contribution in [0.3, 0.4) is 0 Å². The zero-order chi connectivity index (χ0) is 13.8. The van der Waals surface area contributed by atoms with Crippen LogP contribution < -0.4 is 10.9 Å². The summed E-state index contributed by atoms with van der Waals surface area (Å²) >= 11 is 0. The van der Waals surface area contributed by atoms with Crippen molar-refractivity contribution in [2.24, 2.45) is 0 Å². The van der Waals surface area contributed by atoms with Crippen LogP contribution >= 0.6 is 0 Å². The fourth-order valence-electron chi connectivity index (χ4n) is 1.52. The lowest BCUT2D eigenvalue weighted by atomic mass is 10.0. The van der Waals surface area contributed by atoms with Gasteiger partial charge >= 0.3 is 6.09 Å². The van der Waals surface area contributed by atoms with E-state index in [4.69, 9.17) is 4.74 Å². The van der Waals surface area contributed by atoms with Crippen LogP contribution in [-0.2, 0) is 11.3 Å². The number of ether oxygens (including phenoxy) is 1. The van der Waals surface area contributed by atoms with Gasteiger partial charge in [-0.25, -0.2) is 10.2 Å². The quantitative estimate of drug-likeness (QED) is 0.811. The van der Waals surface area contributed by atoms with E-state index >= 15 is 0 Å². The summed E-state index contributed by atoms with van der Waals surface area (Å²) in [4.78, 5) is 11.4. The highest BCUT2D eigenvalue weighted by Crippen LogP contribution is 2.12. The van der Waals surface area contributed by atoms with E-state index in [9.17, 15) is 4.79 Å². The number of carbonyl (C=O) groups excluding carboxylic acids is 1. The predicted molar refractivity (Wildman–Crippen MR) is 72.1 cm³/mol. The fraction of sp³-hybridized carbons (Fsp3) is 0.500. The van der Waals surface area contributed by atoms with E-state index in [1.165, 1.54) is 11.1 Å². The maximum absolute atomic E-state index is 11.4. The Bertz CT molecular complexity index is 422. The molecule has 0 fully saturated rings. The summed E-state index contributed by atoms with van der Waals surface area (Å²) in [7, 11) is 0. The molecule has 0 heterocycles. The summed E-state index contributed by atoms with van der Waals surface area (Å²) in [6.45, 7) is 10.2. The first kappa shape index (κ1) is 14.5. The van der Waals surface area contributed by atoms with E-state index in [1.807, 2.05) is 32.9 Å². The van der Waals surface area contributed by atoms with Crippen molar-refractivity contribution >= 4 is 6.09 Å². The summed E-state index contributed by atoms with van der Waals surface area (Å²) in [5.41, 5.74) is 8.54. The monoisotopic (exact) mass is 250 g/mol. The van der Waals surface area contributed by atoms with Gasteiger partial charge in [-0.05, 0) is 51.3 Å². The Morgan fingerprint density at radius 2 is 1.94 bits per heavy atom. The number of carbonyl (C=O) groups is 1. The first-order valence-corrected chi connectivity index (χ1v) is 6.06. The smallest absolute Gasteiger partial charge is 0.422 e. The van der Waals surface area contributed by atoms with E-state index in [-0.39, 0.29) is 0 Å². The number of hydrogen-bond donors (Lipinski definition) is 2. The van der Waals surface area contributed by atoms with Crippen molar-refractivity contribution in [3.05, 3.63) is 34.9 Å². The van der Waals surface area contributed by atoms with Crippen molar-refractivity contribution in [1.29, 1.82) is 0 Å². The molecule has 1 amide bonds. The summed E-state index contributed by atoms with van der Waals surface area (Å²) in [6, 6.07) is 6.11. The van der Waals surface area contributed by atoms with Crippen LogP contribution in [0, 0.1) is 13.8 Å². The van der Waals surface area contributed by atoms with Gasteiger partial charge in [-0.2, -0.15) is 0 Å². The lowest BCUT2D eigenvalue weighted by Gasteiger charge is -2.20. The molecule has 0 spiro atoms. The molecule has 0 saturated heterocycles. The number of hydrogen-bond acceptors (Lipinski definition) is 3. The Balaban J connectivity index is 2.43. The van der Waals surface area contributed by atoms with E-state index in [1.54, 1.807) is 0 Å². The van der Waals surface area contributed by atoms with Crippen molar-refractivity contribution in [3.8, 4) is 0 Å². The lowest BCUT2D eigenvalue weighted by molar-refractivity contribution is 0.0497. The van der Waals surface area contributed by atoms with Gasteiger partial charge in [0.25, 0.3) is 0 Å². The minimum Gasteiger partial charge on any atom is -0.443 e. The van der Waals surface area contributed by atoms with Crippen LogP contribution in [0.4, 0.5) is 4.79 Å². The molecule has 0 aromatic heterocycles. The summed E-state index contributed by atoms with van der Waals surface area (Å²) in [5.74, 6) is 0. The van der Waals surface area contributed by atoms with Gasteiger partial charge < -0.3 is 4.74 Å². The number of benzene rings is 1. The van der Waals surface area contributed by atoms with E-state index < -0.39 is 11.7 Å². The molecule has 1 rings (SSSR count). The third-order valence-electron chi connectivity index (χ3n) is 2.58. The summed E-state index contributed by atoms with van der Waals surface area (Å²) < 4.78 is 5.12. The standard InChI is InChI=1S/C14H22N2O2/c1-10-7-6-8-12(11(10)2)9-15-16-13(17)18-14(3,4)5/h6-8,15H,9H2,1-5H3,(H,16,17). The molecule has 2 N–H and O–H groups in total. The molecule has 0 aliphatic rings. The number of amides is 1. The second kappa shape index (κ2) is 5.87. The Morgan fingerprint density at radius 1 is 1.28 bits per heavy atom. The second-order valence-corrected chi connectivity index (χ2v) is 5.34. The van der Waals surface area contributed by atoms with E-state index in [0.29, 0.717) is 6.54 Å². The number of nitrogens with one attached hydrogen (secondary N) is 2. The predicted octanol–water partition coefficient (Wildman–Crippen LogP) is 2.83. The molecule has 0 radical (unpaired) electrons. The topological polar surface area (TPSA) is 50.4 Å². The van der Waals surface area contributed by atoms with Crippen molar-refractivity contribution in [2.75, 3.05) is 0 Å². The molecule has 100 valence electrons. The molecule has 0 saturated carbocycles. The molecule has 0 aliphatic heterocycles. The fourth-order valence-corrected chi connectivity index (χ4v) is 1.52. The normalized spacial score (nSPS) is 11.2. The molecule has 4 nitrogen and oxygen atoms in total. The highest BCUT2D eigenvalue weighted by Gasteiger charge is 2.15. The van der Waals surface area contributed by atoms with E-state index in [0.717, 1.165) is 5.56 Å². The molecular formula is C14H22N2O2. The Morgan fingerprint density at radius 3 is 2.56 bits per heavy atom. The maximum atomic E-state index is 11.4. The van der Waals surface area contributed by atoms with Crippen LogP contribution in [0.2, 0.25) is 0 Å². The van der Waals surface area contributed by atoms with Crippen molar-refractivity contribution < 1.29 is 9.53 Å². The Hall–Kier alpha value is -1.55. The SMILES string of the molecule is Cc1cccc(CNNC(=O)OC(C)(C)C)c1C. The number of hydrazine groups is 1. The molecular weight excluding hydrogens is 228 g/mol. The second-order valence-electron chi connectivity index (χ2n) is 5.34. The van der Waals surface area contributed by atoms with Gasteiger partial charge in [-0.15, -0.1) is 0 Å². The number of aryl methyl sites for hydroxylation is 1. The van der Waals surface area contributed by atoms with Crippen molar-refractivity contribution in [1.82, 2.24) is 10.9 Å². The largest absolute Gasteiger partial charge is 0.443 e. The van der Waals surface area contributed by atoms with Crippen LogP contribution in [0.5, 0.6) is 0 Å². The van der Waals surface area contributed by atoms with Crippen molar-refractivity contribution in [2.45, 2.75) is 46.8 Å².